The van der Waals surface area contributed by atoms with Gasteiger partial charge in [-0.1, -0.05) is 23.4 Å². The van der Waals surface area contributed by atoms with Crippen LogP contribution in [0.5, 0.6) is 5.75 Å². The van der Waals surface area contributed by atoms with Crippen molar-refractivity contribution in [2.75, 3.05) is 18.7 Å². The van der Waals surface area contributed by atoms with E-state index in [4.69, 9.17) is 14.0 Å². The Bertz CT molecular complexity index is 1200. The van der Waals surface area contributed by atoms with Crippen LogP contribution in [0.2, 0.25) is 0 Å². The van der Waals surface area contributed by atoms with Gasteiger partial charge in [0, 0.05) is 6.26 Å². The number of para-hydroxylation sites is 2. The van der Waals surface area contributed by atoms with Crippen LogP contribution in [0.1, 0.15) is 22.1 Å². The molecule has 0 aliphatic rings. The zero-order valence-corrected chi connectivity index (χ0v) is 17.5. The summed E-state index contributed by atoms with van der Waals surface area (Å²) in [4.78, 5) is 28.4. The van der Waals surface area contributed by atoms with Crippen LogP contribution in [-0.4, -0.2) is 43.8 Å². The van der Waals surface area contributed by atoms with Crippen LogP contribution in [0.3, 0.4) is 0 Å². The van der Waals surface area contributed by atoms with E-state index in [0.717, 1.165) is 6.26 Å². The highest BCUT2D eigenvalue weighted by Crippen LogP contribution is 2.23. The van der Waals surface area contributed by atoms with Crippen molar-refractivity contribution >= 4 is 27.4 Å². The first-order chi connectivity index (χ1) is 14.8. The fraction of sp³-hybridized carbons (Fsp3) is 0.200. The minimum absolute atomic E-state index is 0.00286. The van der Waals surface area contributed by atoms with E-state index in [1.807, 2.05) is 0 Å². The van der Waals surface area contributed by atoms with Gasteiger partial charge in [0.2, 0.25) is 5.91 Å². The van der Waals surface area contributed by atoms with Crippen LogP contribution in [0.25, 0.3) is 0 Å². The number of anilines is 1. The highest BCUT2D eigenvalue weighted by atomic mass is 32.2. The molecule has 11 heteroatoms. The summed E-state index contributed by atoms with van der Waals surface area (Å²) >= 11 is 0. The number of nitrogens with zero attached hydrogens (tertiary/aromatic N) is 2. The van der Waals surface area contributed by atoms with Crippen molar-refractivity contribution in [3.8, 4) is 5.75 Å². The number of aromatic nitrogens is 2. The van der Waals surface area contributed by atoms with E-state index < -0.39 is 15.8 Å². The van der Waals surface area contributed by atoms with Gasteiger partial charge in [0.05, 0.1) is 29.7 Å². The molecule has 0 spiro atoms. The third-order valence-corrected chi connectivity index (χ3v) is 5.14. The smallest absolute Gasteiger partial charge is 0.338 e. The topological polar surface area (TPSA) is 138 Å². The molecule has 1 aromatic heterocycles. The predicted octanol–water partition coefficient (Wildman–Crippen LogP) is 2.02. The Hall–Kier alpha value is -3.73. The van der Waals surface area contributed by atoms with Gasteiger partial charge < -0.3 is 19.3 Å². The summed E-state index contributed by atoms with van der Waals surface area (Å²) in [6.07, 6.45) is 0.882. The number of hydrogen-bond acceptors (Lipinski definition) is 9. The third-order valence-electron chi connectivity index (χ3n) is 4.03. The minimum Gasteiger partial charge on any atom is -0.495 e. The van der Waals surface area contributed by atoms with Crippen molar-refractivity contribution in [1.82, 2.24) is 10.1 Å². The van der Waals surface area contributed by atoms with Crippen LogP contribution < -0.4 is 10.1 Å². The third kappa shape index (κ3) is 5.89. The molecule has 0 aliphatic carbocycles. The molecule has 0 bridgehead atoms. The van der Waals surface area contributed by atoms with Gasteiger partial charge in [-0.05, 0) is 30.3 Å². The van der Waals surface area contributed by atoms with Gasteiger partial charge in [-0.15, -0.1) is 0 Å². The number of ether oxygens (including phenoxy) is 2. The Morgan fingerprint density at radius 2 is 1.90 bits per heavy atom. The van der Waals surface area contributed by atoms with Crippen molar-refractivity contribution < 1.29 is 32.0 Å². The van der Waals surface area contributed by atoms with E-state index in [9.17, 15) is 18.0 Å². The van der Waals surface area contributed by atoms with Crippen molar-refractivity contribution in [2.24, 2.45) is 0 Å². The number of rotatable bonds is 8. The Labute approximate surface area is 178 Å². The molecule has 0 unspecified atom stereocenters. The highest BCUT2D eigenvalue weighted by molar-refractivity contribution is 7.90. The summed E-state index contributed by atoms with van der Waals surface area (Å²) in [6, 6.07) is 12.4. The fourth-order valence-electron chi connectivity index (χ4n) is 2.57. The molecule has 0 radical (unpaired) electrons. The molecule has 162 valence electrons. The Balaban J connectivity index is 1.56. The Morgan fingerprint density at radius 3 is 2.65 bits per heavy atom. The summed E-state index contributed by atoms with van der Waals surface area (Å²) in [5.41, 5.74) is 0.572. The Morgan fingerprint density at radius 1 is 1.13 bits per heavy atom. The van der Waals surface area contributed by atoms with Gasteiger partial charge in [0.25, 0.3) is 5.89 Å². The van der Waals surface area contributed by atoms with Gasteiger partial charge >= 0.3 is 5.97 Å². The molecule has 31 heavy (non-hydrogen) atoms. The number of nitrogens with one attached hydrogen (secondary N) is 1. The second-order valence-electron chi connectivity index (χ2n) is 6.41. The van der Waals surface area contributed by atoms with Gasteiger partial charge in [0.1, 0.15) is 5.75 Å². The molecule has 0 fully saturated rings. The molecular weight excluding hydrogens is 426 g/mol. The molecule has 0 aliphatic heterocycles. The van der Waals surface area contributed by atoms with Crippen LogP contribution in [0.15, 0.2) is 57.9 Å². The molecule has 10 nitrogen and oxygen atoms in total. The van der Waals surface area contributed by atoms with Crippen molar-refractivity contribution in [3.63, 3.8) is 0 Å². The number of methoxy groups -OCH3 is 1. The number of esters is 1. The quantitative estimate of drug-likeness (QED) is 0.516. The Kier molecular flexibility index (Phi) is 6.65. The van der Waals surface area contributed by atoms with Gasteiger partial charge in [-0.25, -0.2) is 13.2 Å². The summed E-state index contributed by atoms with van der Waals surface area (Å²) in [7, 11) is -1.96. The molecule has 3 rings (SSSR count). The average Bonchev–Trinajstić information content (AvgIpc) is 3.19. The average molecular weight is 445 g/mol. The van der Waals surface area contributed by atoms with E-state index in [-0.39, 0.29) is 41.1 Å². The van der Waals surface area contributed by atoms with E-state index in [0.29, 0.717) is 11.4 Å². The number of amides is 1. The molecule has 0 atom stereocenters. The maximum atomic E-state index is 12.2. The van der Waals surface area contributed by atoms with Crippen LogP contribution in [0, 0.1) is 0 Å². The fourth-order valence-corrected chi connectivity index (χ4v) is 3.24. The van der Waals surface area contributed by atoms with Crippen LogP contribution >= 0.6 is 0 Å². The normalized spacial score (nSPS) is 11.0. The lowest BCUT2D eigenvalue weighted by atomic mass is 10.2. The van der Waals surface area contributed by atoms with Gasteiger partial charge in [-0.2, -0.15) is 4.98 Å². The van der Waals surface area contributed by atoms with Gasteiger partial charge in [-0.3, -0.25) is 4.79 Å². The first-order valence-electron chi connectivity index (χ1n) is 8.98. The van der Waals surface area contributed by atoms with Crippen molar-refractivity contribution in [3.05, 3.63) is 65.8 Å². The highest BCUT2D eigenvalue weighted by Gasteiger charge is 2.16. The number of carbonyl (C=O) groups excluding carboxylic acids is 2. The maximum absolute atomic E-state index is 12.2. The lowest BCUT2D eigenvalue weighted by molar-refractivity contribution is -0.115. The van der Waals surface area contributed by atoms with Gasteiger partial charge in [0.15, 0.2) is 22.3 Å². The van der Waals surface area contributed by atoms with E-state index in [1.165, 1.54) is 31.4 Å². The van der Waals surface area contributed by atoms with E-state index >= 15 is 0 Å². The van der Waals surface area contributed by atoms with Crippen LogP contribution in [0.4, 0.5) is 5.69 Å². The second-order valence-corrected chi connectivity index (χ2v) is 8.42. The lowest BCUT2D eigenvalue weighted by Gasteiger charge is -2.08. The molecule has 3 aromatic rings. The monoisotopic (exact) mass is 445 g/mol. The summed E-state index contributed by atoms with van der Waals surface area (Å²) in [6.45, 7) is -0.330. The van der Waals surface area contributed by atoms with E-state index in [1.54, 1.807) is 24.3 Å². The molecular formula is C20H19N3O7S. The largest absolute Gasteiger partial charge is 0.495 e. The molecule has 1 N–H and O–H groups in total. The molecule has 1 amide bonds. The standard InChI is InChI=1S/C20H19N3O7S/c1-28-16-9-4-3-8-15(16)21-18(24)11-17-22-19(30-23-17)12-29-20(25)13-6-5-7-14(10-13)31(2,26)27/h3-10H,11-12H2,1-2H3,(H,21,24). The molecule has 1 heterocycles. The summed E-state index contributed by atoms with van der Waals surface area (Å²) in [5.74, 6) is -0.521. The number of benzene rings is 2. The first-order valence-corrected chi connectivity index (χ1v) is 10.9. The summed E-state index contributed by atoms with van der Waals surface area (Å²) < 4.78 is 38.4. The second kappa shape index (κ2) is 9.39. The molecule has 0 saturated carbocycles. The number of hydrogen-bond donors (Lipinski definition) is 1. The lowest BCUT2D eigenvalue weighted by Crippen LogP contribution is -2.15. The summed E-state index contributed by atoms with van der Waals surface area (Å²) in [5, 5.41) is 6.38. The SMILES string of the molecule is COc1ccccc1NC(=O)Cc1noc(COC(=O)c2cccc(S(C)(=O)=O)c2)n1. The zero-order valence-electron chi connectivity index (χ0n) is 16.7. The maximum Gasteiger partial charge on any atom is 0.338 e. The minimum atomic E-state index is -3.46. The number of sulfone groups is 1. The van der Waals surface area contributed by atoms with Crippen molar-refractivity contribution in [1.29, 1.82) is 0 Å². The van der Waals surface area contributed by atoms with Crippen LogP contribution in [-0.2, 0) is 32.4 Å². The molecule has 0 saturated heterocycles. The van der Waals surface area contributed by atoms with Crippen molar-refractivity contribution in [2.45, 2.75) is 17.9 Å². The number of carbonyl (C=O) groups is 2. The zero-order chi connectivity index (χ0) is 22.4. The van der Waals surface area contributed by atoms with E-state index in [2.05, 4.69) is 15.5 Å². The molecule has 2 aromatic carbocycles. The first kappa shape index (κ1) is 22.0. The predicted molar refractivity (Wildman–Crippen MR) is 108 cm³/mol.